The van der Waals surface area contributed by atoms with Crippen LogP contribution in [-0.4, -0.2) is 18.6 Å². The molecule has 1 fully saturated rings. The molecule has 2 atom stereocenters. The van der Waals surface area contributed by atoms with Gasteiger partial charge in [-0.1, -0.05) is 30.3 Å². The number of anilines is 1. The Labute approximate surface area is 122 Å². The molecule has 0 unspecified atom stereocenters. The van der Waals surface area contributed by atoms with Crippen LogP contribution in [0.25, 0.3) is 0 Å². The van der Waals surface area contributed by atoms with Crippen LogP contribution in [0.2, 0.25) is 0 Å². The van der Waals surface area contributed by atoms with Gasteiger partial charge < -0.3 is 9.47 Å². The van der Waals surface area contributed by atoms with E-state index in [4.69, 9.17) is 9.47 Å². The maximum atomic E-state index is 12.5. The second-order valence-corrected chi connectivity index (χ2v) is 5.14. The van der Waals surface area contributed by atoms with Gasteiger partial charge in [0.15, 0.2) is 11.9 Å². The van der Waals surface area contributed by atoms with E-state index in [1.54, 1.807) is 4.90 Å². The van der Waals surface area contributed by atoms with E-state index in [0.29, 0.717) is 12.4 Å². The summed E-state index contributed by atoms with van der Waals surface area (Å²) in [5.41, 5.74) is 1.80. The molecule has 4 nitrogen and oxygen atoms in total. The SMILES string of the molecule is CCO[C@H]1C(=O)N2c3ccccc3Oc3ccccc3[C@H]12. The van der Waals surface area contributed by atoms with E-state index in [0.717, 1.165) is 17.0 Å². The molecule has 0 spiro atoms. The largest absolute Gasteiger partial charge is 0.455 e. The van der Waals surface area contributed by atoms with E-state index in [-0.39, 0.29) is 11.9 Å². The van der Waals surface area contributed by atoms with Crippen LogP contribution < -0.4 is 9.64 Å². The zero-order chi connectivity index (χ0) is 14.4. The van der Waals surface area contributed by atoms with Gasteiger partial charge >= 0.3 is 0 Å². The number of ether oxygens (including phenoxy) is 2. The van der Waals surface area contributed by atoms with Crippen molar-refractivity contribution in [1.82, 2.24) is 0 Å². The monoisotopic (exact) mass is 281 g/mol. The lowest BCUT2D eigenvalue weighted by Gasteiger charge is -2.45. The molecular formula is C17H15NO3. The minimum absolute atomic E-state index is 0.00500. The van der Waals surface area contributed by atoms with Crippen molar-refractivity contribution in [2.24, 2.45) is 0 Å². The summed E-state index contributed by atoms with van der Waals surface area (Å²) in [5.74, 6) is 1.49. The van der Waals surface area contributed by atoms with Crippen molar-refractivity contribution in [2.45, 2.75) is 19.1 Å². The zero-order valence-corrected chi connectivity index (χ0v) is 11.7. The van der Waals surface area contributed by atoms with Crippen molar-refractivity contribution in [1.29, 1.82) is 0 Å². The minimum Gasteiger partial charge on any atom is -0.455 e. The normalized spacial score (nSPS) is 22.3. The van der Waals surface area contributed by atoms with E-state index in [9.17, 15) is 4.79 Å². The number of hydrogen-bond donors (Lipinski definition) is 0. The maximum absolute atomic E-state index is 12.5. The highest BCUT2D eigenvalue weighted by Crippen LogP contribution is 2.50. The van der Waals surface area contributed by atoms with Crippen LogP contribution in [0.4, 0.5) is 5.69 Å². The van der Waals surface area contributed by atoms with Gasteiger partial charge in [-0.25, -0.2) is 0 Å². The molecule has 2 aliphatic heterocycles. The molecule has 21 heavy (non-hydrogen) atoms. The summed E-state index contributed by atoms with van der Waals surface area (Å²) < 4.78 is 11.6. The molecule has 2 aliphatic rings. The Morgan fingerprint density at radius 1 is 1.10 bits per heavy atom. The van der Waals surface area contributed by atoms with Gasteiger partial charge in [0.25, 0.3) is 5.91 Å². The molecule has 4 heteroatoms. The van der Waals surface area contributed by atoms with Crippen molar-refractivity contribution in [2.75, 3.05) is 11.5 Å². The topological polar surface area (TPSA) is 38.8 Å². The Hall–Kier alpha value is -2.33. The Bertz CT molecular complexity index is 713. The summed E-state index contributed by atoms with van der Waals surface area (Å²) in [6, 6.07) is 15.3. The average Bonchev–Trinajstić information content (AvgIpc) is 2.64. The van der Waals surface area contributed by atoms with Crippen molar-refractivity contribution in [3.63, 3.8) is 0 Å². The van der Waals surface area contributed by atoms with E-state index in [2.05, 4.69) is 0 Å². The number of β-lactam (4-membered cyclic amide) rings is 1. The molecule has 2 aromatic rings. The first-order valence-electron chi connectivity index (χ1n) is 7.11. The number of benzene rings is 2. The van der Waals surface area contributed by atoms with Gasteiger partial charge in [0, 0.05) is 12.2 Å². The lowest BCUT2D eigenvalue weighted by Crippen LogP contribution is -2.60. The van der Waals surface area contributed by atoms with Gasteiger partial charge in [0.2, 0.25) is 0 Å². The van der Waals surface area contributed by atoms with Crippen LogP contribution in [-0.2, 0) is 9.53 Å². The number of fused-ring (bicyclic) bond motifs is 5. The highest BCUT2D eigenvalue weighted by molar-refractivity contribution is 6.06. The van der Waals surface area contributed by atoms with Crippen LogP contribution in [0.3, 0.4) is 0 Å². The smallest absolute Gasteiger partial charge is 0.259 e. The fourth-order valence-corrected chi connectivity index (χ4v) is 3.05. The number of amides is 1. The Kier molecular flexibility index (Phi) is 2.72. The average molecular weight is 281 g/mol. The van der Waals surface area contributed by atoms with E-state index in [1.807, 2.05) is 55.5 Å². The number of carbonyl (C=O) groups excluding carboxylic acids is 1. The number of hydrogen-bond acceptors (Lipinski definition) is 3. The lowest BCUT2D eigenvalue weighted by atomic mass is 9.89. The Balaban J connectivity index is 1.89. The zero-order valence-electron chi connectivity index (χ0n) is 11.7. The Morgan fingerprint density at radius 3 is 2.62 bits per heavy atom. The van der Waals surface area contributed by atoms with E-state index in [1.165, 1.54) is 0 Å². The highest BCUT2D eigenvalue weighted by atomic mass is 16.5. The predicted molar refractivity (Wildman–Crippen MR) is 78.6 cm³/mol. The summed E-state index contributed by atoms with van der Waals surface area (Å²) in [5, 5.41) is 0. The summed E-state index contributed by atoms with van der Waals surface area (Å²) in [6.45, 7) is 2.43. The molecule has 4 rings (SSSR count). The number of rotatable bonds is 2. The minimum atomic E-state index is -0.425. The quantitative estimate of drug-likeness (QED) is 0.793. The molecule has 0 aliphatic carbocycles. The van der Waals surface area contributed by atoms with Gasteiger partial charge in [-0.2, -0.15) is 0 Å². The summed E-state index contributed by atoms with van der Waals surface area (Å²) in [6.07, 6.45) is -0.425. The predicted octanol–water partition coefficient (Wildman–Crippen LogP) is 3.29. The van der Waals surface area contributed by atoms with E-state index >= 15 is 0 Å². The standard InChI is InChI=1S/C17H15NO3/c1-2-20-16-15-11-7-3-5-9-13(11)21-14-10-6-4-8-12(14)18(15)17(16)19/h3-10,15-16H,2H2,1H3/t15-,16-/m1/s1. The van der Waals surface area contributed by atoms with Crippen LogP contribution in [0.15, 0.2) is 48.5 Å². The van der Waals surface area contributed by atoms with Gasteiger partial charge in [0.1, 0.15) is 11.8 Å². The van der Waals surface area contributed by atoms with Gasteiger partial charge in [0.05, 0.1) is 5.69 Å². The first-order chi connectivity index (χ1) is 10.3. The van der Waals surface area contributed by atoms with E-state index < -0.39 is 6.10 Å². The van der Waals surface area contributed by atoms with Gasteiger partial charge in [-0.05, 0) is 25.1 Å². The summed E-state index contributed by atoms with van der Waals surface area (Å²) in [7, 11) is 0. The molecule has 2 aromatic carbocycles. The fraction of sp³-hybridized carbons (Fsp3) is 0.235. The first kappa shape index (κ1) is 12.4. The molecule has 0 aromatic heterocycles. The molecule has 0 bridgehead atoms. The van der Waals surface area contributed by atoms with Crippen LogP contribution in [0.1, 0.15) is 18.5 Å². The van der Waals surface area contributed by atoms with Crippen LogP contribution in [0.5, 0.6) is 11.5 Å². The number of para-hydroxylation sites is 3. The molecule has 106 valence electrons. The Morgan fingerprint density at radius 2 is 1.81 bits per heavy atom. The molecule has 0 N–H and O–H groups in total. The molecule has 1 amide bonds. The second-order valence-electron chi connectivity index (χ2n) is 5.14. The van der Waals surface area contributed by atoms with Crippen molar-refractivity contribution in [3.05, 3.63) is 54.1 Å². The van der Waals surface area contributed by atoms with Gasteiger partial charge in [-0.3, -0.25) is 9.69 Å². The third kappa shape index (κ3) is 1.69. The van der Waals surface area contributed by atoms with Crippen molar-refractivity contribution < 1.29 is 14.3 Å². The van der Waals surface area contributed by atoms with Crippen molar-refractivity contribution in [3.8, 4) is 11.5 Å². The summed E-state index contributed by atoms with van der Waals surface area (Å²) >= 11 is 0. The maximum Gasteiger partial charge on any atom is 0.259 e. The third-order valence-corrected chi connectivity index (χ3v) is 3.97. The fourth-order valence-electron chi connectivity index (χ4n) is 3.05. The molecule has 0 saturated carbocycles. The highest BCUT2D eigenvalue weighted by Gasteiger charge is 2.52. The number of nitrogens with zero attached hydrogens (tertiary/aromatic N) is 1. The summed E-state index contributed by atoms with van der Waals surface area (Å²) in [4.78, 5) is 14.2. The third-order valence-electron chi connectivity index (χ3n) is 3.97. The lowest BCUT2D eigenvalue weighted by molar-refractivity contribution is -0.142. The first-order valence-corrected chi connectivity index (χ1v) is 7.11. The molecule has 0 radical (unpaired) electrons. The van der Waals surface area contributed by atoms with Crippen LogP contribution >= 0.6 is 0 Å². The number of carbonyl (C=O) groups is 1. The van der Waals surface area contributed by atoms with Crippen LogP contribution in [0, 0.1) is 0 Å². The molecule has 2 heterocycles. The molecule has 1 saturated heterocycles. The van der Waals surface area contributed by atoms with Gasteiger partial charge in [-0.15, -0.1) is 0 Å². The van der Waals surface area contributed by atoms with Crippen molar-refractivity contribution >= 4 is 11.6 Å². The second kappa shape index (κ2) is 4.60. The molecular weight excluding hydrogens is 266 g/mol.